The summed E-state index contributed by atoms with van der Waals surface area (Å²) in [4.78, 5) is 0. The van der Waals surface area contributed by atoms with Crippen LogP contribution in [0.1, 0.15) is 43.2 Å². The van der Waals surface area contributed by atoms with Gasteiger partial charge in [-0.2, -0.15) is 0 Å². The van der Waals surface area contributed by atoms with Crippen LogP contribution in [0, 0.1) is 12.8 Å². The van der Waals surface area contributed by atoms with Crippen molar-refractivity contribution in [2.45, 2.75) is 39.0 Å². The number of rotatable bonds is 1. The van der Waals surface area contributed by atoms with Gasteiger partial charge in [0.25, 0.3) is 0 Å². The van der Waals surface area contributed by atoms with Gasteiger partial charge in [-0.05, 0) is 37.2 Å². The predicted molar refractivity (Wildman–Crippen MR) is 56.9 cm³/mol. The number of benzene rings is 1. The highest BCUT2D eigenvalue weighted by atomic mass is 14.3. The standard InChI is InChI=1S/C13H18/c1-10-4-3-5-12(8-10)13-7-6-11(2)9-13/h3-5,8,11,13H,6-7,9H2,1-2H3. The highest BCUT2D eigenvalue weighted by Gasteiger charge is 2.22. The third kappa shape index (κ3) is 1.93. The quantitative estimate of drug-likeness (QED) is 0.605. The van der Waals surface area contributed by atoms with Crippen LogP contribution in [0.25, 0.3) is 0 Å². The van der Waals surface area contributed by atoms with Crippen molar-refractivity contribution in [3.8, 4) is 0 Å². The van der Waals surface area contributed by atoms with Crippen molar-refractivity contribution < 1.29 is 0 Å². The van der Waals surface area contributed by atoms with Crippen LogP contribution >= 0.6 is 0 Å². The third-order valence-corrected chi connectivity index (χ3v) is 3.21. The molecule has 2 unspecified atom stereocenters. The van der Waals surface area contributed by atoms with Crippen molar-refractivity contribution in [2.24, 2.45) is 5.92 Å². The molecule has 0 aliphatic heterocycles. The average molecular weight is 174 g/mol. The van der Waals surface area contributed by atoms with Gasteiger partial charge in [-0.3, -0.25) is 0 Å². The fourth-order valence-corrected chi connectivity index (χ4v) is 2.43. The van der Waals surface area contributed by atoms with E-state index in [0.717, 1.165) is 11.8 Å². The Kier molecular flexibility index (Phi) is 2.39. The minimum atomic E-state index is 0.842. The first-order valence-corrected chi connectivity index (χ1v) is 5.32. The van der Waals surface area contributed by atoms with E-state index in [0.29, 0.717) is 0 Å². The molecule has 13 heavy (non-hydrogen) atoms. The van der Waals surface area contributed by atoms with Crippen molar-refractivity contribution >= 4 is 0 Å². The van der Waals surface area contributed by atoms with Crippen LogP contribution in [0.3, 0.4) is 0 Å². The molecule has 0 aromatic heterocycles. The summed E-state index contributed by atoms with van der Waals surface area (Å²) in [7, 11) is 0. The van der Waals surface area contributed by atoms with Crippen LogP contribution in [0.5, 0.6) is 0 Å². The number of hydrogen-bond donors (Lipinski definition) is 0. The molecule has 0 spiro atoms. The van der Waals surface area contributed by atoms with Crippen LogP contribution in [0.4, 0.5) is 0 Å². The van der Waals surface area contributed by atoms with Gasteiger partial charge in [-0.1, -0.05) is 43.2 Å². The molecule has 0 bridgehead atoms. The van der Waals surface area contributed by atoms with Gasteiger partial charge in [0.2, 0.25) is 0 Å². The lowest BCUT2D eigenvalue weighted by Gasteiger charge is -2.10. The van der Waals surface area contributed by atoms with Gasteiger partial charge in [0, 0.05) is 0 Å². The van der Waals surface area contributed by atoms with Crippen molar-refractivity contribution in [1.29, 1.82) is 0 Å². The van der Waals surface area contributed by atoms with Gasteiger partial charge in [0.05, 0.1) is 0 Å². The van der Waals surface area contributed by atoms with Crippen molar-refractivity contribution in [2.75, 3.05) is 0 Å². The maximum atomic E-state index is 2.37. The van der Waals surface area contributed by atoms with E-state index in [1.54, 1.807) is 5.56 Å². The van der Waals surface area contributed by atoms with Crippen molar-refractivity contribution in [1.82, 2.24) is 0 Å². The summed E-state index contributed by atoms with van der Waals surface area (Å²) in [6, 6.07) is 9.01. The van der Waals surface area contributed by atoms with E-state index in [4.69, 9.17) is 0 Å². The van der Waals surface area contributed by atoms with E-state index in [2.05, 4.69) is 38.1 Å². The fourth-order valence-electron chi connectivity index (χ4n) is 2.43. The Hall–Kier alpha value is -0.780. The molecule has 0 heteroatoms. The first kappa shape index (κ1) is 8.80. The summed E-state index contributed by atoms with van der Waals surface area (Å²) in [6.45, 7) is 4.55. The lowest BCUT2D eigenvalue weighted by molar-refractivity contribution is 0.596. The molecule has 70 valence electrons. The Morgan fingerprint density at radius 1 is 1.23 bits per heavy atom. The summed E-state index contributed by atoms with van der Waals surface area (Å²) >= 11 is 0. The van der Waals surface area contributed by atoms with Crippen LogP contribution in [0.2, 0.25) is 0 Å². The van der Waals surface area contributed by atoms with Gasteiger partial charge in [-0.15, -0.1) is 0 Å². The van der Waals surface area contributed by atoms with Gasteiger partial charge >= 0.3 is 0 Å². The zero-order valence-electron chi connectivity index (χ0n) is 8.59. The van der Waals surface area contributed by atoms with Crippen LogP contribution in [0.15, 0.2) is 24.3 Å². The molecule has 2 atom stereocenters. The van der Waals surface area contributed by atoms with E-state index in [1.807, 2.05) is 0 Å². The Balaban J connectivity index is 2.16. The molecule has 0 amide bonds. The summed E-state index contributed by atoms with van der Waals surface area (Å²) < 4.78 is 0. The first-order valence-electron chi connectivity index (χ1n) is 5.32. The lowest BCUT2D eigenvalue weighted by Crippen LogP contribution is -1.93. The molecule has 0 radical (unpaired) electrons. The number of aryl methyl sites for hydroxylation is 1. The molecule has 1 aliphatic carbocycles. The molecular formula is C13H18. The SMILES string of the molecule is Cc1cccc(C2CCC(C)C2)c1. The Labute approximate surface area is 81.0 Å². The Morgan fingerprint density at radius 2 is 2.08 bits per heavy atom. The second-order valence-corrected chi connectivity index (χ2v) is 4.53. The average Bonchev–Trinajstić information content (AvgIpc) is 2.52. The molecule has 1 aromatic carbocycles. The second-order valence-electron chi connectivity index (χ2n) is 4.53. The first-order chi connectivity index (χ1) is 6.25. The van der Waals surface area contributed by atoms with Gasteiger partial charge in [0.15, 0.2) is 0 Å². The van der Waals surface area contributed by atoms with E-state index in [-0.39, 0.29) is 0 Å². The topological polar surface area (TPSA) is 0 Å². The molecule has 0 N–H and O–H groups in total. The minimum absolute atomic E-state index is 0.842. The third-order valence-electron chi connectivity index (χ3n) is 3.21. The second kappa shape index (κ2) is 3.53. The van der Waals surface area contributed by atoms with Crippen molar-refractivity contribution in [3.05, 3.63) is 35.4 Å². The largest absolute Gasteiger partial charge is 0.0625 e. The van der Waals surface area contributed by atoms with Gasteiger partial charge in [0.1, 0.15) is 0 Å². The molecule has 1 fully saturated rings. The molecule has 2 rings (SSSR count). The van der Waals surface area contributed by atoms with Gasteiger partial charge in [-0.25, -0.2) is 0 Å². The number of hydrogen-bond acceptors (Lipinski definition) is 0. The zero-order valence-corrected chi connectivity index (χ0v) is 8.59. The van der Waals surface area contributed by atoms with E-state index in [9.17, 15) is 0 Å². The lowest BCUT2D eigenvalue weighted by atomic mass is 9.95. The maximum Gasteiger partial charge on any atom is -0.0159 e. The fraction of sp³-hybridized carbons (Fsp3) is 0.538. The molecule has 1 aliphatic rings. The Morgan fingerprint density at radius 3 is 2.69 bits per heavy atom. The summed E-state index contributed by atoms with van der Waals surface area (Å²) in [5, 5.41) is 0. The zero-order chi connectivity index (χ0) is 9.26. The highest BCUT2D eigenvalue weighted by molar-refractivity contribution is 5.26. The summed E-state index contributed by atoms with van der Waals surface area (Å²) in [5.41, 5.74) is 2.96. The molecule has 1 aromatic rings. The smallest absolute Gasteiger partial charge is 0.0159 e. The molecular weight excluding hydrogens is 156 g/mol. The Bertz CT molecular complexity index is 288. The maximum absolute atomic E-state index is 2.37. The molecule has 0 heterocycles. The summed E-state index contributed by atoms with van der Waals surface area (Å²) in [5.74, 6) is 1.78. The molecule has 0 saturated heterocycles. The molecule has 0 nitrogen and oxygen atoms in total. The van der Waals surface area contributed by atoms with Crippen LogP contribution < -0.4 is 0 Å². The van der Waals surface area contributed by atoms with Gasteiger partial charge < -0.3 is 0 Å². The summed E-state index contributed by atoms with van der Waals surface area (Å²) in [6.07, 6.45) is 4.20. The van der Waals surface area contributed by atoms with Crippen LogP contribution in [-0.2, 0) is 0 Å². The predicted octanol–water partition coefficient (Wildman–Crippen LogP) is 3.90. The van der Waals surface area contributed by atoms with E-state index < -0.39 is 0 Å². The van der Waals surface area contributed by atoms with E-state index in [1.165, 1.54) is 24.8 Å². The molecule has 1 saturated carbocycles. The van der Waals surface area contributed by atoms with E-state index >= 15 is 0 Å². The highest BCUT2D eigenvalue weighted by Crippen LogP contribution is 2.37. The monoisotopic (exact) mass is 174 g/mol. The normalized spacial score (nSPS) is 27.8. The van der Waals surface area contributed by atoms with Crippen LogP contribution in [-0.4, -0.2) is 0 Å². The minimum Gasteiger partial charge on any atom is -0.0625 e. The van der Waals surface area contributed by atoms with Crippen molar-refractivity contribution in [3.63, 3.8) is 0 Å².